The van der Waals surface area contributed by atoms with Crippen LogP contribution in [0.1, 0.15) is 24.2 Å². The van der Waals surface area contributed by atoms with Crippen molar-refractivity contribution >= 4 is 11.5 Å². The Morgan fingerprint density at radius 1 is 1.38 bits per heavy atom. The van der Waals surface area contributed by atoms with E-state index in [1.54, 1.807) is 6.92 Å². The average molecular weight is 218 g/mol. The van der Waals surface area contributed by atoms with Gasteiger partial charge in [-0.1, -0.05) is 0 Å². The van der Waals surface area contributed by atoms with Crippen molar-refractivity contribution in [3.63, 3.8) is 0 Å². The zero-order valence-electron chi connectivity index (χ0n) is 9.86. The molecule has 0 unspecified atom stereocenters. The molecule has 1 fully saturated rings. The van der Waals surface area contributed by atoms with Gasteiger partial charge in [0.05, 0.1) is 0 Å². The summed E-state index contributed by atoms with van der Waals surface area (Å²) in [4.78, 5) is 13.5. The Labute approximate surface area is 96.5 Å². The molecule has 0 aromatic heterocycles. The summed E-state index contributed by atoms with van der Waals surface area (Å²) < 4.78 is 0. The Kier molecular flexibility index (Phi) is 3.25. The number of nitrogens with zero attached hydrogens (tertiary/aromatic N) is 1. The van der Waals surface area contributed by atoms with Crippen LogP contribution in [-0.4, -0.2) is 31.5 Å². The Hall–Kier alpha value is -1.35. The van der Waals surface area contributed by atoms with Crippen molar-refractivity contribution in [3.8, 4) is 0 Å². The lowest BCUT2D eigenvalue weighted by atomic mass is 10.1. The summed E-state index contributed by atoms with van der Waals surface area (Å²) in [5, 5.41) is 3.37. The largest absolute Gasteiger partial charge is 0.366 e. The van der Waals surface area contributed by atoms with Gasteiger partial charge in [-0.05, 0) is 38.1 Å². The van der Waals surface area contributed by atoms with Gasteiger partial charge in [0.25, 0.3) is 0 Å². The molecule has 1 heterocycles. The number of carbonyl (C=O) groups is 1. The number of hydrogen-bond acceptors (Lipinski definition) is 3. The van der Waals surface area contributed by atoms with E-state index in [9.17, 15) is 4.79 Å². The zero-order valence-corrected chi connectivity index (χ0v) is 9.86. The first-order chi connectivity index (χ1) is 7.68. The lowest BCUT2D eigenvalue weighted by molar-refractivity contribution is 0.101. The van der Waals surface area contributed by atoms with E-state index in [2.05, 4.69) is 17.1 Å². The van der Waals surface area contributed by atoms with Crippen molar-refractivity contribution in [3.05, 3.63) is 29.8 Å². The van der Waals surface area contributed by atoms with Gasteiger partial charge in [-0.25, -0.2) is 0 Å². The molecule has 1 atom stereocenters. The monoisotopic (exact) mass is 218 g/mol. The molecule has 16 heavy (non-hydrogen) atoms. The summed E-state index contributed by atoms with van der Waals surface area (Å²) in [5.74, 6) is 0.125. The van der Waals surface area contributed by atoms with E-state index in [-0.39, 0.29) is 5.78 Å². The molecule has 3 nitrogen and oxygen atoms in total. The van der Waals surface area contributed by atoms with E-state index in [4.69, 9.17) is 0 Å². The SMILES string of the molecule is CC(=O)c1ccc(N2CCNC[C@@H]2C)cc1. The number of nitrogens with one attached hydrogen (secondary N) is 1. The fourth-order valence-electron chi connectivity index (χ4n) is 2.11. The number of piperazine rings is 1. The summed E-state index contributed by atoms with van der Waals surface area (Å²) >= 11 is 0. The van der Waals surface area contributed by atoms with Gasteiger partial charge in [0.1, 0.15) is 0 Å². The second-order valence-electron chi connectivity index (χ2n) is 4.35. The van der Waals surface area contributed by atoms with E-state index in [0.29, 0.717) is 6.04 Å². The van der Waals surface area contributed by atoms with Gasteiger partial charge in [0, 0.05) is 36.9 Å². The quantitative estimate of drug-likeness (QED) is 0.767. The van der Waals surface area contributed by atoms with Gasteiger partial charge < -0.3 is 10.2 Å². The number of benzene rings is 1. The first-order valence-corrected chi connectivity index (χ1v) is 5.77. The van der Waals surface area contributed by atoms with Crippen LogP contribution in [0.4, 0.5) is 5.69 Å². The highest BCUT2D eigenvalue weighted by molar-refractivity contribution is 5.94. The number of ketones is 1. The first-order valence-electron chi connectivity index (χ1n) is 5.77. The second kappa shape index (κ2) is 4.66. The third-order valence-corrected chi connectivity index (χ3v) is 3.11. The average Bonchev–Trinajstić information content (AvgIpc) is 2.30. The van der Waals surface area contributed by atoms with Crippen LogP contribution in [0.2, 0.25) is 0 Å². The van der Waals surface area contributed by atoms with Gasteiger partial charge in [-0.3, -0.25) is 4.79 Å². The van der Waals surface area contributed by atoms with Crippen molar-refractivity contribution in [1.82, 2.24) is 5.32 Å². The molecule has 1 aromatic rings. The summed E-state index contributed by atoms with van der Waals surface area (Å²) in [7, 11) is 0. The van der Waals surface area contributed by atoms with Crippen molar-refractivity contribution in [2.45, 2.75) is 19.9 Å². The lowest BCUT2D eigenvalue weighted by Crippen LogP contribution is -2.49. The van der Waals surface area contributed by atoms with Crippen LogP contribution in [0.15, 0.2) is 24.3 Å². The van der Waals surface area contributed by atoms with Crippen LogP contribution < -0.4 is 10.2 Å². The van der Waals surface area contributed by atoms with E-state index < -0.39 is 0 Å². The molecule has 1 aliphatic rings. The highest BCUT2D eigenvalue weighted by Crippen LogP contribution is 2.19. The van der Waals surface area contributed by atoms with Crippen LogP contribution in [0.5, 0.6) is 0 Å². The molecule has 1 saturated heterocycles. The molecule has 0 aliphatic carbocycles. The van der Waals surface area contributed by atoms with E-state index in [0.717, 1.165) is 25.2 Å². The molecular weight excluding hydrogens is 200 g/mol. The minimum Gasteiger partial charge on any atom is -0.366 e. The lowest BCUT2D eigenvalue weighted by Gasteiger charge is -2.35. The number of anilines is 1. The normalized spacial score (nSPS) is 20.9. The molecule has 2 rings (SSSR count). The summed E-state index contributed by atoms with van der Waals surface area (Å²) in [6.45, 7) is 6.89. The molecule has 0 spiro atoms. The number of Topliss-reactive ketones (excluding diaryl/α,β-unsaturated/α-hetero) is 1. The highest BCUT2D eigenvalue weighted by atomic mass is 16.1. The van der Waals surface area contributed by atoms with Crippen molar-refractivity contribution < 1.29 is 4.79 Å². The molecule has 0 bridgehead atoms. The summed E-state index contributed by atoms with van der Waals surface area (Å²) in [6, 6.07) is 8.41. The minimum absolute atomic E-state index is 0.125. The predicted octanol–water partition coefficient (Wildman–Crippen LogP) is 1.69. The molecular formula is C13H18N2O. The molecule has 1 aromatic carbocycles. The first kappa shape index (κ1) is 11.1. The molecule has 1 aliphatic heterocycles. The third kappa shape index (κ3) is 2.25. The van der Waals surface area contributed by atoms with Crippen molar-refractivity contribution in [2.75, 3.05) is 24.5 Å². The highest BCUT2D eigenvalue weighted by Gasteiger charge is 2.17. The minimum atomic E-state index is 0.125. The maximum Gasteiger partial charge on any atom is 0.159 e. The molecule has 86 valence electrons. The van der Waals surface area contributed by atoms with Crippen LogP contribution >= 0.6 is 0 Å². The Balaban J connectivity index is 2.17. The number of rotatable bonds is 2. The fraction of sp³-hybridized carbons (Fsp3) is 0.462. The standard InChI is InChI=1S/C13H18N2O/c1-10-9-14-7-8-15(10)13-5-3-12(4-6-13)11(2)16/h3-6,10,14H,7-9H2,1-2H3/t10-/m0/s1. The number of carbonyl (C=O) groups excluding carboxylic acids is 1. The van der Waals surface area contributed by atoms with Crippen LogP contribution in [-0.2, 0) is 0 Å². The van der Waals surface area contributed by atoms with Crippen LogP contribution in [0.3, 0.4) is 0 Å². The Bertz CT molecular complexity index is 372. The van der Waals surface area contributed by atoms with E-state index in [1.165, 1.54) is 5.69 Å². The Morgan fingerprint density at radius 2 is 2.06 bits per heavy atom. The maximum atomic E-state index is 11.2. The zero-order chi connectivity index (χ0) is 11.5. The predicted molar refractivity (Wildman–Crippen MR) is 66.1 cm³/mol. The van der Waals surface area contributed by atoms with Crippen molar-refractivity contribution in [2.24, 2.45) is 0 Å². The van der Waals surface area contributed by atoms with Gasteiger partial charge in [-0.15, -0.1) is 0 Å². The smallest absolute Gasteiger partial charge is 0.159 e. The summed E-state index contributed by atoms with van der Waals surface area (Å²) in [6.07, 6.45) is 0. The molecule has 0 amide bonds. The molecule has 0 saturated carbocycles. The van der Waals surface area contributed by atoms with Crippen molar-refractivity contribution in [1.29, 1.82) is 0 Å². The fourth-order valence-corrected chi connectivity index (χ4v) is 2.11. The van der Waals surface area contributed by atoms with Gasteiger partial charge >= 0.3 is 0 Å². The molecule has 1 N–H and O–H groups in total. The topological polar surface area (TPSA) is 32.3 Å². The van der Waals surface area contributed by atoms with E-state index >= 15 is 0 Å². The van der Waals surface area contributed by atoms with E-state index in [1.807, 2.05) is 24.3 Å². The van der Waals surface area contributed by atoms with Gasteiger partial charge in [0.15, 0.2) is 5.78 Å². The third-order valence-electron chi connectivity index (χ3n) is 3.11. The summed E-state index contributed by atoms with van der Waals surface area (Å²) in [5.41, 5.74) is 1.99. The molecule has 3 heteroatoms. The Morgan fingerprint density at radius 3 is 2.62 bits per heavy atom. The second-order valence-corrected chi connectivity index (χ2v) is 4.35. The van der Waals surface area contributed by atoms with Crippen LogP contribution in [0, 0.1) is 0 Å². The molecule has 0 radical (unpaired) electrons. The van der Waals surface area contributed by atoms with Gasteiger partial charge in [0.2, 0.25) is 0 Å². The van der Waals surface area contributed by atoms with Crippen LogP contribution in [0.25, 0.3) is 0 Å². The van der Waals surface area contributed by atoms with Gasteiger partial charge in [-0.2, -0.15) is 0 Å². The number of hydrogen-bond donors (Lipinski definition) is 1. The maximum absolute atomic E-state index is 11.2.